The number of benzene rings is 4. The molecule has 0 bridgehead atoms. The lowest BCUT2D eigenvalue weighted by Gasteiger charge is -2.38. The quantitative estimate of drug-likeness (QED) is 0.200. The lowest BCUT2D eigenvalue weighted by atomic mass is 10.1. The molecule has 1 saturated heterocycles. The summed E-state index contributed by atoms with van der Waals surface area (Å²) in [6.07, 6.45) is 0.728. The van der Waals surface area contributed by atoms with E-state index in [4.69, 9.17) is 4.74 Å². The minimum Gasteiger partial charge on any atom is -0.495 e. The van der Waals surface area contributed by atoms with E-state index in [1.807, 2.05) is 84.9 Å². The summed E-state index contributed by atoms with van der Waals surface area (Å²) in [6.45, 7) is 3.53. The summed E-state index contributed by atoms with van der Waals surface area (Å²) >= 11 is 3.45. The number of urea groups is 1. The van der Waals surface area contributed by atoms with E-state index >= 15 is 0 Å². The van der Waals surface area contributed by atoms with Crippen LogP contribution < -0.4 is 30.5 Å². The highest BCUT2D eigenvalue weighted by Gasteiger charge is 2.24. The van der Waals surface area contributed by atoms with Gasteiger partial charge < -0.3 is 30.5 Å². The van der Waals surface area contributed by atoms with Crippen LogP contribution in [0.15, 0.2) is 102 Å². The van der Waals surface area contributed by atoms with Crippen LogP contribution in [0.4, 0.5) is 27.5 Å². The maximum atomic E-state index is 13.5. The molecule has 0 spiro atoms. The van der Waals surface area contributed by atoms with Crippen LogP contribution in [-0.4, -0.2) is 51.8 Å². The molecule has 0 aromatic heterocycles. The molecule has 1 fully saturated rings. The SMILES string of the molecule is COc1ccccc1N1CCN(c2ccc(NC(=O)Nc3ccccc3Br)cc2C(=O)NCCc2ccccc2)CC1. The minimum atomic E-state index is -0.393. The smallest absolute Gasteiger partial charge is 0.323 e. The van der Waals surface area contributed by atoms with Crippen molar-refractivity contribution in [2.24, 2.45) is 0 Å². The van der Waals surface area contributed by atoms with Crippen molar-refractivity contribution < 1.29 is 14.3 Å². The molecule has 0 radical (unpaired) electrons. The van der Waals surface area contributed by atoms with Crippen molar-refractivity contribution in [1.82, 2.24) is 5.32 Å². The lowest BCUT2D eigenvalue weighted by molar-refractivity contribution is 0.0954. The highest BCUT2D eigenvalue weighted by atomic mass is 79.9. The Morgan fingerprint density at radius 2 is 1.45 bits per heavy atom. The first-order chi connectivity index (χ1) is 20.5. The average Bonchev–Trinajstić information content (AvgIpc) is 3.02. The molecule has 0 atom stereocenters. The highest BCUT2D eigenvalue weighted by molar-refractivity contribution is 9.10. The molecule has 9 heteroatoms. The fraction of sp³-hybridized carbons (Fsp3) is 0.212. The summed E-state index contributed by atoms with van der Waals surface area (Å²) in [4.78, 5) is 30.9. The highest BCUT2D eigenvalue weighted by Crippen LogP contribution is 2.31. The third kappa shape index (κ3) is 7.22. The maximum absolute atomic E-state index is 13.5. The summed E-state index contributed by atoms with van der Waals surface area (Å²) in [5.41, 5.74) is 4.76. The second-order valence-corrected chi connectivity index (χ2v) is 10.8. The van der Waals surface area contributed by atoms with Crippen molar-refractivity contribution in [1.29, 1.82) is 0 Å². The van der Waals surface area contributed by atoms with Crippen LogP contribution in [0.1, 0.15) is 15.9 Å². The second-order valence-electron chi connectivity index (χ2n) is 9.93. The zero-order valence-electron chi connectivity index (χ0n) is 23.5. The first-order valence-corrected chi connectivity index (χ1v) is 14.7. The molecule has 42 heavy (non-hydrogen) atoms. The Hall–Kier alpha value is -4.50. The minimum absolute atomic E-state index is 0.178. The van der Waals surface area contributed by atoms with Gasteiger partial charge in [-0.3, -0.25) is 4.79 Å². The molecule has 3 amide bonds. The number of anilines is 4. The number of methoxy groups -OCH3 is 1. The summed E-state index contributed by atoms with van der Waals surface area (Å²) in [5.74, 6) is 0.670. The molecule has 4 aromatic carbocycles. The molecule has 1 aliphatic heterocycles. The Balaban J connectivity index is 1.32. The van der Waals surface area contributed by atoms with E-state index in [1.54, 1.807) is 13.2 Å². The van der Waals surface area contributed by atoms with Crippen molar-refractivity contribution >= 4 is 50.6 Å². The Morgan fingerprint density at radius 1 is 0.786 bits per heavy atom. The van der Waals surface area contributed by atoms with Gasteiger partial charge in [-0.05, 0) is 70.4 Å². The Bertz CT molecular complexity index is 1520. The van der Waals surface area contributed by atoms with Crippen molar-refractivity contribution in [2.75, 3.05) is 60.3 Å². The van der Waals surface area contributed by atoms with Crippen LogP contribution >= 0.6 is 15.9 Å². The van der Waals surface area contributed by atoms with Crippen LogP contribution in [0.3, 0.4) is 0 Å². The number of amides is 3. The molecule has 1 heterocycles. The van der Waals surface area contributed by atoms with Gasteiger partial charge in [0.25, 0.3) is 5.91 Å². The Kier molecular flexibility index (Phi) is 9.61. The third-order valence-electron chi connectivity index (χ3n) is 7.21. The Labute approximate surface area is 254 Å². The molecular weight excluding hydrogens is 594 g/mol. The molecule has 0 unspecified atom stereocenters. The number of carbonyl (C=O) groups is 2. The van der Waals surface area contributed by atoms with E-state index in [9.17, 15) is 9.59 Å². The van der Waals surface area contributed by atoms with Gasteiger partial charge >= 0.3 is 6.03 Å². The lowest BCUT2D eigenvalue weighted by Crippen LogP contribution is -2.47. The van der Waals surface area contributed by atoms with Gasteiger partial charge in [-0.2, -0.15) is 0 Å². The predicted octanol–water partition coefficient (Wildman–Crippen LogP) is 6.40. The molecule has 1 aliphatic rings. The van der Waals surface area contributed by atoms with Gasteiger partial charge in [-0.1, -0.05) is 54.6 Å². The van der Waals surface area contributed by atoms with Gasteiger partial charge in [0.1, 0.15) is 5.75 Å². The molecule has 8 nitrogen and oxygen atoms in total. The van der Waals surface area contributed by atoms with Crippen molar-refractivity contribution in [3.8, 4) is 5.75 Å². The van der Waals surface area contributed by atoms with E-state index in [1.165, 1.54) is 0 Å². The molecule has 5 rings (SSSR count). The molecular formula is C33H34BrN5O3. The monoisotopic (exact) mass is 627 g/mol. The Morgan fingerprint density at radius 3 is 2.19 bits per heavy atom. The second kappa shape index (κ2) is 13.9. The van der Waals surface area contributed by atoms with Gasteiger partial charge in [0.05, 0.1) is 24.0 Å². The van der Waals surface area contributed by atoms with E-state index in [0.717, 1.165) is 59.8 Å². The molecule has 3 N–H and O–H groups in total. The number of hydrogen-bond acceptors (Lipinski definition) is 5. The first-order valence-electron chi connectivity index (χ1n) is 13.9. The fourth-order valence-corrected chi connectivity index (χ4v) is 5.44. The van der Waals surface area contributed by atoms with Crippen molar-refractivity contribution in [3.63, 3.8) is 0 Å². The number of hydrogen-bond donors (Lipinski definition) is 3. The number of piperazine rings is 1. The summed E-state index contributed by atoms with van der Waals surface area (Å²) in [6, 6.07) is 30.6. The van der Waals surface area contributed by atoms with Crippen LogP contribution in [0.5, 0.6) is 5.75 Å². The number of halogens is 1. The van der Waals surface area contributed by atoms with E-state index in [2.05, 4.69) is 47.7 Å². The summed E-state index contributed by atoms with van der Waals surface area (Å²) < 4.78 is 6.35. The normalized spacial score (nSPS) is 12.9. The molecule has 4 aromatic rings. The van der Waals surface area contributed by atoms with Gasteiger partial charge in [-0.15, -0.1) is 0 Å². The van der Waals surface area contributed by atoms with E-state index in [-0.39, 0.29) is 5.91 Å². The van der Waals surface area contributed by atoms with Crippen LogP contribution in [-0.2, 0) is 6.42 Å². The zero-order chi connectivity index (χ0) is 29.3. The number of carbonyl (C=O) groups excluding carboxylic acids is 2. The van der Waals surface area contributed by atoms with Gasteiger partial charge in [-0.25, -0.2) is 4.79 Å². The number of ether oxygens (including phenoxy) is 1. The molecule has 216 valence electrons. The number of rotatable bonds is 9. The number of nitrogens with one attached hydrogen (secondary N) is 3. The van der Waals surface area contributed by atoms with Crippen molar-refractivity contribution in [3.05, 3.63) is 113 Å². The third-order valence-corrected chi connectivity index (χ3v) is 7.90. The molecule has 0 aliphatic carbocycles. The standard InChI is InChI=1S/C33H34BrN5O3/c1-42-31-14-8-7-13-30(31)39-21-19-38(20-22-39)29-16-15-25(36-33(41)37-28-12-6-5-11-27(28)34)23-26(29)32(40)35-18-17-24-9-3-2-4-10-24/h2-16,23H,17-22H2,1H3,(H,35,40)(H2,36,37,41). The average molecular weight is 629 g/mol. The van der Waals surface area contributed by atoms with Crippen molar-refractivity contribution in [2.45, 2.75) is 6.42 Å². The number of para-hydroxylation sites is 3. The zero-order valence-corrected chi connectivity index (χ0v) is 25.1. The van der Waals surface area contributed by atoms with Crippen LogP contribution in [0, 0.1) is 0 Å². The largest absolute Gasteiger partial charge is 0.495 e. The fourth-order valence-electron chi connectivity index (χ4n) is 5.06. The maximum Gasteiger partial charge on any atom is 0.323 e. The van der Waals surface area contributed by atoms with E-state index in [0.29, 0.717) is 23.5 Å². The summed E-state index contributed by atoms with van der Waals surface area (Å²) in [5, 5.41) is 8.80. The van der Waals surface area contributed by atoms with Gasteiger partial charge in [0.15, 0.2) is 0 Å². The van der Waals surface area contributed by atoms with Crippen LogP contribution in [0.25, 0.3) is 0 Å². The first kappa shape index (κ1) is 29.0. The molecule has 0 saturated carbocycles. The topological polar surface area (TPSA) is 85.9 Å². The van der Waals surface area contributed by atoms with Gasteiger partial charge in [0, 0.05) is 48.6 Å². The van der Waals surface area contributed by atoms with E-state index < -0.39 is 6.03 Å². The summed E-state index contributed by atoms with van der Waals surface area (Å²) in [7, 11) is 1.69. The predicted molar refractivity (Wildman–Crippen MR) is 173 cm³/mol. The van der Waals surface area contributed by atoms with Crippen LogP contribution in [0.2, 0.25) is 0 Å². The van der Waals surface area contributed by atoms with Gasteiger partial charge in [0.2, 0.25) is 0 Å². The number of nitrogens with zero attached hydrogens (tertiary/aromatic N) is 2.